The Morgan fingerprint density at radius 1 is 1.28 bits per heavy atom. The van der Waals surface area contributed by atoms with Crippen molar-refractivity contribution < 1.29 is 18.7 Å². The number of piperidine rings is 1. The lowest BCUT2D eigenvalue weighted by molar-refractivity contribution is -0.123. The van der Waals surface area contributed by atoms with Crippen LogP contribution in [-0.2, 0) is 11.3 Å². The van der Waals surface area contributed by atoms with Crippen molar-refractivity contribution in [2.45, 2.75) is 37.8 Å². The lowest BCUT2D eigenvalue weighted by Gasteiger charge is -2.33. The quantitative estimate of drug-likeness (QED) is 0.751. The monoisotopic (exact) mass is 353 g/mol. The van der Waals surface area contributed by atoms with Crippen molar-refractivity contribution in [3.8, 4) is 0 Å². The van der Waals surface area contributed by atoms with E-state index in [1.165, 1.54) is 0 Å². The molecule has 5 nitrogen and oxygen atoms in total. The number of carbonyl (C=O) groups excluding carboxylic acids is 1. The molecule has 2 heterocycles. The third-order valence-electron chi connectivity index (χ3n) is 5.07. The van der Waals surface area contributed by atoms with Crippen molar-refractivity contribution in [3.63, 3.8) is 0 Å². The summed E-state index contributed by atoms with van der Waals surface area (Å²) in [6.07, 6.45) is 1.54. The second kappa shape index (κ2) is 7.66. The minimum Gasteiger partial charge on any atom is -0.396 e. The third-order valence-corrected chi connectivity index (χ3v) is 5.07. The van der Waals surface area contributed by atoms with Gasteiger partial charge in [-0.05, 0) is 36.5 Å². The van der Waals surface area contributed by atoms with Gasteiger partial charge in [0.1, 0.15) is 0 Å². The molecule has 0 radical (unpaired) electrons. The number of aliphatic hydroxyl groups is 1. The molecule has 138 valence electrons. The number of alkyl halides is 2. The molecule has 1 aromatic rings. The van der Waals surface area contributed by atoms with Gasteiger partial charge in [-0.25, -0.2) is 8.78 Å². The molecular formula is C18H25F2N3O2. The zero-order valence-corrected chi connectivity index (χ0v) is 14.2. The van der Waals surface area contributed by atoms with Crippen LogP contribution >= 0.6 is 0 Å². The van der Waals surface area contributed by atoms with Crippen LogP contribution < -0.4 is 15.5 Å². The van der Waals surface area contributed by atoms with Crippen LogP contribution in [0.25, 0.3) is 0 Å². The van der Waals surface area contributed by atoms with Gasteiger partial charge in [0, 0.05) is 38.3 Å². The molecule has 1 atom stereocenters. The number of nitrogens with one attached hydrogen (secondary N) is 2. The number of nitrogens with zero attached hydrogens (tertiary/aromatic N) is 1. The molecule has 0 aliphatic carbocycles. The van der Waals surface area contributed by atoms with E-state index in [9.17, 15) is 18.7 Å². The molecule has 2 saturated heterocycles. The maximum Gasteiger partial charge on any atom is 0.262 e. The van der Waals surface area contributed by atoms with E-state index in [-0.39, 0.29) is 12.5 Å². The van der Waals surface area contributed by atoms with Gasteiger partial charge in [0.25, 0.3) is 5.92 Å². The van der Waals surface area contributed by atoms with Crippen molar-refractivity contribution in [2.24, 2.45) is 5.92 Å². The van der Waals surface area contributed by atoms with Crippen LogP contribution in [0.2, 0.25) is 0 Å². The Labute approximate surface area is 146 Å². The van der Waals surface area contributed by atoms with Crippen molar-refractivity contribution in [3.05, 3.63) is 29.8 Å². The maximum atomic E-state index is 13.1. The summed E-state index contributed by atoms with van der Waals surface area (Å²) < 4.78 is 26.3. The highest BCUT2D eigenvalue weighted by Crippen LogP contribution is 2.25. The van der Waals surface area contributed by atoms with Crippen LogP contribution in [0.5, 0.6) is 0 Å². The summed E-state index contributed by atoms with van der Waals surface area (Å²) in [5, 5.41) is 14.5. The first kappa shape index (κ1) is 18.1. The summed E-state index contributed by atoms with van der Waals surface area (Å²) in [6.45, 7) is 2.02. The van der Waals surface area contributed by atoms with Crippen LogP contribution in [0, 0.1) is 5.92 Å². The highest BCUT2D eigenvalue weighted by molar-refractivity contribution is 5.82. The molecule has 3 rings (SSSR count). The Kier molecular flexibility index (Phi) is 5.54. The molecule has 25 heavy (non-hydrogen) atoms. The minimum atomic E-state index is -2.80. The Morgan fingerprint density at radius 3 is 2.52 bits per heavy atom. The summed E-state index contributed by atoms with van der Waals surface area (Å²) in [4.78, 5) is 14.2. The van der Waals surface area contributed by atoms with Crippen LogP contribution in [0.3, 0.4) is 0 Å². The molecule has 7 heteroatoms. The van der Waals surface area contributed by atoms with E-state index in [0.29, 0.717) is 12.5 Å². The molecule has 0 aromatic heterocycles. The number of rotatable bonds is 5. The van der Waals surface area contributed by atoms with Gasteiger partial charge in [-0.15, -0.1) is 0 Å². The number of hydrogen-bond donors (Lipinski definition) is 3. The number of anilines is 1. The maximum absolute atomic E-state index is 13.1. The molecule has 2 fully saturated rings. The van der Waals surface area contributed by atoms with Crippen LogP contribution in [0.1, 0.15) is 24.8 Å². The average molecular weight is 353 g/mol. The van der Waals surface area contributed by atoms with E-state index in [1.54, 1.807) is 0 Å². The van der Waals surface area contributed by atoms with Crippen molar-refractivity contribution in [2.75, 3.05) is 31.1 Å². The highest BCUT2D eigenvalue weighted by Gasteiger charge is 2.42. The normalized spacial score (nSPS) is 23.6. The summed E-state index contributed by atoms with van der Waals surface area (Å²) in [7, 11) is 0. The number of hydrogen-bond acceptors (Lipinski definition) is 4. The molecule has 0 spiro atoms. The molecule has 2 aliphatic heterocycles. The fraction of sp³-hybridized carbons (Fsp3) is 0.611. The van der Waals surface area contributed by atoms with E-state index >= 15 is 0 Å². The van der Waals surface area contributed by atoms with Crippen molar-refractivity contribution in [1.29, 1.82) is 0 Å². The first-order valence-corrected chi connectivity index (χ1v) is 8.80. The van der Waals surface area contributed by atoms with Gasteiger partial charge in [0.05, 0.1) is 12.6 Å². The summed E-state index contributed by atoms with van der Waals surface area (Å²) in [5.74, 6) is -2.78. The number of aliphatic hydroxyl groups excluding tert-OH is 1. The Bertz CT molecular complexity index is 586. The zero-order chi connectivity index (χ0) is 17.9. The van der Waals surface area contributed by atoms with Gasteiger partial charge in [-0.3, -0.25) is 10.1 Å². The van der Waals surface area contributed by atoms with Crippen molar-refractivity contribution in [1.82, 2.24) is 10.6 Å². The van der Waals surface area contributed by atoms with Gasteiger partial charge in [-0.1, -0.05) is 12.1 Å². The Morgan fingerprint density at radius 2 is 1.96 bits per heavy atom. The molecule has 3 N–H and O–H groups in total. The van der Waals surface area contributed by atoms with E-state index in [0.717, 1.165) is 37.2 Å². The van der Waals surface area contributed by atoms with Crippen LogP contribution in [0.15, 0.2) is 24.3 Å². The first-order chi connectivity index (χ1) is 12.0. The average Bonchev–Trinajstić information content (AvgIpc) is 3.00. The third kappa shape index (κ3) is 4.67. The molecule has 1 aromatic carbocycles. The molecule has 0 bridgehead atoms. The van der Waals surface area contributed by atoms with E-state index in [1.807, 2.05) is 24.3 Å². The standard InChI is InChI=1S/C18H25F2N3O2/c19-18(20)9-16(22-12-18)17(25)21-10-13-1-3-15(4-2-13)23-7-5-14(11-24)6-8-23/h1-4,14,16,22,24H,5-12H2,(H,21,25). The second-order valence-corrected chi connectivity index (χ2v) is 6.99. The molecule has 0 saturated carbocycles. The predicted octanol–water partition coefficient (Wildman–Crippen LogP) is 1.51. The lowest BCUT2D eigenvalue weighted by Crippen LogP contribution is -2.40. The Hall–Kier alpha value is -1.73. The van der Waals surface area contributed by atoms with Gasteiger partial charge >= 0.3 is 0 Å². The minimum absolute atomic E-state index is 0.258. The first-order valence-electron chi connectivity index (χ1n) is 8.80. The molecule has 1 unspecified atom stereocenters. The Balaban J connectivity index is 1.47. The summed E-state index contributed by atoms with van der Waals surface area (Å²) >= 11 is 0. The zero-order valence-electron chi connectivity index (χ0n) is 14.2. The smallest absolute Gasteiger partial charge is 0.262 e. The van der Waals surface area contributed by atoms with Crippen molar-refractivity contribution >= 4 is 11.6 Å². The SMILES string of the molecule is O=C(NCc1ccc(N2CCC(CO)CC2)cc1)C1CC(F)(F)CN1. The molecule has 1 amide bonds. The van der Waals surface area contributed by atoms with E-state index < -0.39 is 24.9 Å². The number of carbonyl (C=O) groups is 1. The predicted molar refractivity (Wildman–Crippen MR) is 91.7 cm³/mol. The van der Waals surface area contributed by atoms with Gasteiger partial charge < -0.3 is 15.3 Å². The lowest BCUT2D eigenvalue weighted by atomic mass is 9.97. The summed E-state index contributed by atoms with van der Waals surface area (Å²) in [6, 6.07) is 7.11. The largest absolute Gasteiger partial charge is 0.396 e. The number of benzene rings is 1. The molecule has 2 aliphatic rings. The number of amides is 1. The fourth-order valence-electron chi connectivity index (χ4n) is 3.41. The van der Waals surface area contributed by atoms with E-state index in [2.05, 4.69) is 15.5 Å². The topological polar surface area (TPSA) is 64.6 Å². The van der Waals surface area contributed by atoms with Gasteiger partial charge in [0.2, 0.25) is 5.91 Å². The second-order valence-electron chi connectivity index (χ2n) is 6.99. The fourth-order valence-corrected chi connectivity index (χ4v) is 3.41. The molecular weight excluding hydrogens is 328 g/mol. The van der Waals surface area contributed by atoms with E-state index in [4.69, 9.17) is 0 Å². The summed E-state index contributed by atoms with van der Waals surface area (Å²) in [5.41, 5.74) is 2.07. The van der Waals surface area contributed by atoms with Crippen LogP contribution in [0.4, 0.5) is 14.5 Å². The highest BCUT2D eigenvalue weighted by atomic mass is 19.3. The number of halogens is 2. The van der Waals surface area contributed by atoms with Gasteiger partial charge in [0.15, 0.2) is 0 Å². The van der Waals surface area contributed by atoms with Gasteiger partial charge in [-0.2, -0.15) is 0 Å². The van der Waals surface area contributed by atoms with Crippen LogP contribution in [-0.4, -0.2) is 49.2 Å².